The SMILES string of the molecule is COc1cc(CNCCO)cc(I)c1OC1CCCC1. The first-order valence-corrected chi connectivity index (χ1v) is 8.17. The van der Waals surface area contributed by atoms with Gasteiger partial charge in [0.2, 0.25) is 0 Å². The molecule has 0 heterocycles. The summed E-state index contributed by atoms with van der Waals surface area (Å²) in [6.07, 6.45) is 5.12. The molecule has 0 radical (unpaired) electrons. The lowest BCUT2D eigenvalue weighted by atomic mass is 10.2. The topological polar surface area (TPSA) is 50.7 Å². The minimum Gasteiger partial charge on any atom is -0.493 e. The van der Waals surface area contributed by atoms with E-state index in [1.54, 1.807) is 7.11 Å². The summed E-state index contributed by atoms with van der Waals surface area (Å²) in [6.45, 7) is 1.47. The van der Waals surface area contributed by atoms with E-state index in [1.807, 2.05) is 6.07 Å². The van der Waals surface area contributed by atoms with E-state index < -0.39 is 0 Å². The quantitative estimate of drug-likeness (QED) is 0.555. The molecule has 0 bridgehead atoms. The van der Waals surface area contributed by atoms with Crippen LogP contribution in [0.1, 0.15) is 31.2 Å². The highest BCUT2D eigenvalue weighted by atomic mass is 127. The van der Waals surface area contributed by atoms with Gasteiger partial charge in [0, 0.05) is 13.1 Å². The molecular weight excluding hydrogens is 369 g/mol. The summed E-state index contributed by atoms with van der Waals surface area (Å²) in [5.74, 6) is 1.66. The van der Waals surface area contributed by atoms with Crippen molar-refractivity contribution in [2.45, 2.75) is 38.3 Å². The molecule has 1 aliphatic rings. The Labute approximate surface area is 134 Å². The van der Waals surface area contributed by atoms with Crippen molar-refractivity contribution in [1.29, 1.82) is 0 Å². The van der Waals surface area contributed by atoms with Crippen LogP contribution in [-0.4, -0.2) is 31.5 Å². The molecule has 20 heavy (non-hydrogen) atoms. The molecule has 1 aromatic rings. The highest BCUT2D eigenvalue weighted by Crippen LogP contribution is 2.36. The zero-order valence-electron chi connectivity index (χ0n) is 11.8. The van der Waals surface area contributed by atoms with Gasteiger partial charge in [0.25, 0.3) is 0 Å². The molecule has 1 fully saturated rings. The number of hydrogen-bond donors (Lipinski definition) is 2. The fourth-order valence-electron chi connectivity index (χ4n) is 2.47. The molecule has 0 aromatic heterocycles. The van der Waals surface area contributed by atoms with E-state index in [-0.39, 0.29) is 6.61 Å². The molecule has 0 atom stereocenters. The van der Waals surface area contributed by atoms with E-state index in [1.165, 1.54) is 12.8 Å². The summed E-state index contributed by atoms with van der Waals surface area (Å²) >= 11 is 2.30. The molecule has 2 rings (SSSR count). The van der Waals surface area contributed by atoms with Gasteiger partial charge in [-0.1, -0.05) is 0 Å². The fraction of sp³-hybridized carbons (Fsp3) is 0.600. The summed E-state index contributed by atoms with van der Waals surface area (Å²) in [7, 11) is 1.68. The molecule has 1 saturated carbocycles. The molecule has 0 saturated heterocycles. The lowest BCUT2D eigenvalue weighted by Crippen LogP contribution is -2.18. The third kappa shape index (κ3) is 4.23. The third-order valence-electron chi connectivity index (χ3n) is 3.49. The van der Waals surface area contributed by atoms with E-state index in [0.29, 0.717) is 12.6 Å². The van der Waals surface area contributed by atoms with Crippen molar-refractivity contribution in [3.63, 3.8) is 0 Å². The molecule has 0 amide bonds. The van der Waals surface area contributed by atoms with Crippen LogP contribution in [0.4, 0.5) is 0 Å². The van der Waals surface area contributed by atoms with Crippen LogP contribution < -0.4 is 14.8 Å². The van der Waals surface area contributed by atoms with Crippen LogP contribution >= 0.6 is 22.6 Å². The largest absolute Gasteiger partial charge is 0.493 e. The van der Waals surface area contributed by atoms with Crippen molar-refractivity contribution in [3.05, 3.63) is 21.3 Å². The van der Waals surface area contributed by atoms with Gasteiger partial charge < -0.3 is 19.9 Å². The number of nitrogens with one attached hydrogen (secondary N) is 1. The highest BCUT2D eigenvalue weighted by molar-refractivity contribution is 14.1. The first kappa shape index (κ1) is 15.9. The van der Waals surface area contributed by atoms with Crippen LogP contribution in [0.2, 0.25) is 0 Å². The van der Waals surface area contributed by atoms with Gasteiger partial charge in [-0.15, -0.1) is 0 Å². The van der Waals surface area contributed by atoms with E-state index in [0.717, 1.165) is 40.0 Å². The van der Waals surface area contributed by atoms with Crippen LogP contribution in [0, 0.1) is 3.57 Å². The number of halogens is 1. The highest BCUT2D eigenvalue weighted by Gasteiger charge is 2.20. The number of aliphatic hydroxyl groups excluding tert-OH is 1. The average molecular weight is 391 g/mol. The standard InChI is InChI=1S/C15H22INO3/c1-19-14-9-11(10-17-6-7-18)8-13(16)15(14)20-12-4-2-3-5-12/h8-9,12,17-18H,2-7,10H2,1H3. The van der Waals surface area contributed by atoms with Crippen molar-refractivity contribution in [3.8, 4) is 11.5 Å². The van der Waals surface area contributed by atoms with Crippen molar-refractivity contribution >= 4 is 22.6 Å². The lowest BCUT2D eigenvalue weighted by Gasteiger charge is -2.18. The Morgan fingerprint density at radius 2 is 2.10 bits per heavy atom. The van der Waals surface area contributed by atoms with Crippen molar-refractivity contribution in [2.24, 2.45) is 0 Å². The minimum absolute atomic E-state index is 0.150. The van der Waals surface area contributed by atoms with Gasteiger partial charge in [0.1, 0.15) is 0 Å². The Morgan fingerprint density at radius 3 is 2.75 bits per heavy atom. The number of benzene rings is 1. The summed E-state index contributed by atoms with van der Waals surface area (Å²) < 4.78 is 12.7. The van der Waals surface area contributed by atoms with Gasteiger partial charge in [0.05, 0.1) is 23.4 Å². The van der Waals surface area contributed by atoms with Gasteiger partial charge in [-0.05, 0) is 66.0 Å². The zero-order valence-corrected chi connectivity index (χ0v) is 14.0. The number of aliphatic hydroxyl groups is 1. The number of methoxy groups -OCH3 is 1. The summed E-state index contributed by atoms with van der Waals surface area (Å²) in [4.78, 5) is 0. The summed E-state index contributed by atoms with van der Waals surface area (Å²) in [5.41, 5.74) is 1.14. The zero-order chi connectivity index (χ0) is 14.4. The van der Waals surface area contributed by atoms with Gasteiger partial charge in [-0.25, -0.2) is 0 Å². The Hall–Kier alpha value is -0.530. The monoisotopic (exact) mass is 391 g/mol. The maximum absolute atomic E-state index is 8.79. The second-order valence-corrected chi connectivity index (χ2v) is 6.20. The second-order valence-electron chi connectivity index (χ2n) is 5.03. The predicted octanol–water partition coefficient (Wildman–Crippen LogP) is 2.70. The number of ether oxygens (including phenoxy) is 2. The Morgan fingerprint density at radius 1 is 1.35 bits per heavy atom. The van der Waals surface area contributed by atoms with Gasteiger partial charge in [0.15, 0.2) is 11.5 Å². The van der Waals surface area contributed by atoms with E-state index in [4.69, 9.17) is 14.6 Å². The number of rotatable bonds is 7. The first-order valence-electron chi connectivity index (χ1n) is 7.09. The Bertz CT molecular complexity index is 433. The van der Waals surface area contributed by atoms with Gasteiger partial charge in [-0.2, -0.15) is 0 Å². The molecule has 5 heteroatoms. The molecule has 0 aliphatic heterocycles. The van der Waals surface area contributed by atoms with Crippen LogP contribution in [0.25, 0.3) is 0 Å². The molecule has 1 aromatic carbocycles. The maximum Gasteiger partial charge on any atom is 0.174 e. The molecule has 1 aliphatic carbocycles. The summed E-state index contributed by atoms with van der Waals surface area (Å²) in [6, 6.07) is 4.12. The van der Waals surface area contributed by atoms with Crippen LogP contribution in [0.5, 0.6) is 11.5 Å². The third-order valence-corrected chi connectivity index (χ3v) is 4.29. The fourth-order valence-corrected chi connectivity index (χ4v) is 3.27. The average Bonchev–Trinajstić information content (AvgIpc) is 2.94. The van der Waals surface area contributed by atoms with Crippen molar-refractivity contribution in [1.82, 2.24) is 5.32 Å². The molecule has 0 spiro atoms. The lowest BCUT2D eigenvalue weighted by molar-refractivity contribution is 0.199. The maximum atomic E-state index is 8.79. The number of hydrogen-bond acceptors (Lipinski definition) is 4. The first-order chi connectivity index (χ1) is 9.74. The van der Waals surface area contributed by atoms with Crippen LogP contribution in [0.3, 0.4) is 0 Å². The molecule has 4 nitrogen and oxygen atoms in total. The second kappa shape index (κ2) is 8.05. The van der Waals surface area contributed by atoms with E-state index >= 15 is 0 Å². The van der Waals surface area contributed by atoms with Crippen LogP contribution in [-0.2, 0) is 6.54 Å². The Balaban J connectivity index is 2.10. The van der Waals surface area contributed by atoms with Crippen molar-refractivity contribution in [2.75, 3.05) is 20.3 Å². The minimum atomic E-state index is 0.150. The molecule has 2 N–H and O–H groups in total. The predicted molar refractivity (Wildman–Crippen MR) is 87.4 cm³/mol. The van der Waals surface area contributed by atoms with E-state index in [9.17, 15) is 0 Å². The van der Waals surface area contributed by atoms with Gasteiger partial charge >= 0.3 is 0 Å². The van der Waals surface area contributed by atoms with Crippen molar-refractivity contribution < 1.29 is 14.6 Å². The normalized spacial score (nSPS) is 15.6. The Kier molecular flexibility index (Phi) is 6.38. The molecular formula is C15H22INO3. The van der Waals surface area contributed by atoms with Crippen LogP contribution in [0.15, 0.2) is 12.1 Å². The van der Waals surface area contributed by atoms with E-state index in [2.05, 4.69) is 34.0 Å². The summed E-state index contributed by atoms with van der Waals surface area (Å²) in [5, 5.41) is 12.0. The smallest absolute Gasteiger partial charge is 0.174 e. The molecule has 0 unspecified atom stereocenters. The molecule has 112 valence electrons. The van der Waals surface area contributed by atoms with Gasteiger partial charge in [-0.3, -0.25) is 0 Å².